The molecule has 0 aromatic heterocycles. The number of ether oxygens (including phenoxy) is 1. The molecule has 96 valence electrons. The van der Waals surface area contributed by atoms with E-state index in [-0.39, 0.29) is 23.4 Å². The van der Waals surface area contributed by atoms with Crippen molar-refractivity contribution in [3.8, 4) is 11.5 Å². The molecule has 0 radical (unpaired) electrons. The number of carbonyl (C=O) groups is 1. The van der Waals surface area contributed by atoms with Crippen molar-refractivity contribution in [2.24, 2.45) is 5.92 Å². The third kappa shape index (κ3) is 2.01. The monoisotopic (exact) mass is 251 g/mol. The molecule has 1 fully saturated rings. The maximum atomic E-state index is 11.2. The standard InChI is InChI=1S/C12H13NO5/c1-6(14)8-5-9(8)7-3-10(13(16)17)12(15)11(4-7)18-2/h3-4,8-9,15H,5H2,1-2H3. The number of phenols is 1. The number of aromatic hydroxyl groups is 1. The molecule has 1 saturated carbocycles. The second-order valence-corrected chi connectivity index (χ2v) is 4.41. The van der Waals surface area contributed by atoms with Gasteiger partial charge in [-0.25, -0.2) is 0 Å². The van der Waals surface area contributed by atoms with Crippen molar-refractivity contribution in [1.29, 1.82) is 0 Å². The SMILES string of the molecule is COc1cc(C2CC2C(C)=O)cc([N+](=O)[O-])c1O. The number of Topliss-reactive ketones (excluding diaryl/α,β-unsaturated/α-hetero) is 1. The summed E-state index contributed by atoms with van der Waals surface area (Å²) in [5, 5.41) is 20.5. The van der Waals surface area contributed by atoms with Crippen LogP contribution < -0.4 is 4.74 Å². The van der Waals surface area contributed by atoms with Crippen LogP contribution in [0.2, 0.25) is 0 Å². The number of nitro benzene ring substituents is 1. The Morgan fingerprint density at radius 2 is 2.22 bits per heavy atom. The van der Waals surface area contributed by atoms with Crippen molar-refractivity contribution < 1.29 is 19.6 Å². The first-order chi connectivity index (χ1) is 8.45. The van der Waals surface area contributed by atoms with Crippen LogP contribution in [-0.4, -0.2) is 22.9 Å². The van der Waals surface area contributed by atoms with Crippen LogP contribution in [0.1, 0.15) is 24.8 Å². The largest absolute Gasteiger partial charge is 0.500 e. The van der Waals surface area contributed by atoms with E-state index in [2.05, 4.69) is 0 Å². The molecule has 1 aliphatic rings. The van der Waals surface area contributed by atoms with Gasteiger partial charge in [0.15, 0.2) is 5.75 Å². The van der Waals surface area contributed by atoms with E-state index in [0.29, 0.717) is 12.0 Å². The average Bonchev–Trinajstić information content (AvgIpc) is 3.09. The number of hydrogen-bond donors (Lipinski definition) is 1. The lowest BCUT2D eigenvalue weighted by molar-refractivity contribution is -0.386. The van der Waals surface area contributed by atoms with Gasteiger partial charge >= 0.3 is 5.69 Å². The van der Waals surface area contributed by atoms with Gasteiger partial charge < -0.3 is 9.84 Å². The Morgan fingerprint density at radius 1 is 1.56 bits per heavy atom. The second-order valence-electron chi connectivity index (χ2n) is 4.41. The smallest absolute Gasteiger partial charge is 0.314 e. The molecule has 0 saturated heterocycles. The summed E-state index contributed by atoms with van der Waals surface area (Å²) >= 11 is 0. The summed E-state index contributed by atoms with van der Waals surface area (Å²) in [5.74, 6) is -0.413. The first kappa shape index (κ1) is 12.3. The molecule has 1 N–H and O–H groups in total. The maximum absolute atomic E-state index is 11.2. The van der Waals surface area contributed by atoms with Gasteiger partial charge in [0.2, 0.25) is 5.75 Å². The van der Waals surface area contributed by atoms with Crippen LogP contribution in [0.15, 0.2) is 12.1 Å². The Bertz CT molecular complexity index is 525. The summed E-state index contributed by atoms with van der Waals surface area (Å²) in [6.45, 7) is 1.51. The van der Waals surface area contributed by atoms with Gasteiger partial charge in [-0.05, 0) is 30.9 Å². The van der Waals surface area contributed by atoms with E-state index in [1.165, 1.54) is 20.1 Å². The number of rotatable bonds is 4. The lowest BCUT2D eigenvalue weighted by Gasteiger charge is -2.07. The van der Waals surface area contributed by atoms with Crippen molar-refractivity contribution in [1.82, 2.24) is 0 Å². The third-order valence-corrected chi connectivity index (χ3v) is 3.23. The van der Waals surface area contributed by atoms with Crippen LogP contribution in [0.5, 0.6) is 11.5 Å². The molecular formula is C12H13NO5. The molecular weight excluding hydrogens is 238 g/mol. The predicted octanol–water partition coefficient (Wildman–Crippen LogP) is 2.00. The van der Waals surface area contributed by atoms with E-state index < -0.39 is 16.4 Å². The van der Waals surface area contributed by atoms with E-state index in [1.807, 2.05) is 0 Å². The Labute approximate surface area is 103 Å². The number of nitro groups is 1. The summed E-state index contributed by atoms with van der Waals surface area (Å²) in [6, 6.07) is 2.86. The van der Waals surface area contributed by atoms with Crippen molar-refractivity contribution in [3.05, 3.63) is 27.8 Å². The lowest BCUT2D eigenvalue weighted by Crippen LogP contribution is -1.97. The van der Waals surface area contributed by atoms with Crippen molar-refractivity contribution >= 4 is 11.5 Å². The van der Waals surface area contributed by atoms with E-state index in [0.717, 1.165) is 0 Å². The van der Waals surface area contributed by atoms with Crippen molar-refractivity contribution in [2.75, 3.05) is 7.11 Å². The molecule has 0 bridgehead atoms. The van der Waals surface area contributed by atoms with Crippen molar-refractivity contribution in [2.45, 2.75) is 19.3 Å². The number of nitrogens with zero attached hydrogens (tertiary/aromatic N) is 1. The van der Waals surface area contributed by atoms with E-state index in [4.69, 9.17) is 4.74 Å². The minimum absolute atomic E-state index is 0.00398. The number of hydrogen-bond acceptors (Lipinski definition) is 5. The molecule has 1 aromatic rings. The minimum Gasteiger partial charge on any atom is -0.500 e. The molecule has 18 heavy (non-hydrogen) atoms. The highest BCUT2D eigenvalue weighted by Crippen LogP contribution is 2.51. The van der Waals surface area contributed by atoms with Crippen molar-refractivity contribution in [3.63, 3.8) is 0 Å². The topological polar surface area (TPSA) is 89.7 Å². The van der Waals surface area contributed by atoms with Gasteiger partial charge in [0, 0.05) is 12.0 Å². The summed E-state index contributed by atoms with van der Waals surface area (Å²) in [6.07, 6.45) is 0.695. The predicted molar refractivity (Wildman–Crippen MR) is 62.8 cm³/mol. The maximum Gasteiger partial charge on any atom is 0.314 e. The first-order valence-corrected chi connectivity index (χ1v) is 5.51. The fourth-order valence-corrected chi connectivity index (χ4v) is 2.14. The Balaban J connectivity index is 2.41. The molecule has 6 nitrogen and oxygen atoms in total. The minimum atomic E-state index is -0.660. The Kier molecular flexibility index (Phi) is 2.94. The third-order valence-electron chi connectivity index (χ3n) is 3.23. The first-order valence-electron chi connectivity index (χ1n) is 5.51. The van der Waals surface area contributed by atoms with Gasteiger partial charge in [-0.2, -0.15) is 0 Å². The molecule has 1 aliphatic carbocycles. The zero-order valence-electron chi connectivity index (χ0n) is 10.0. The van der Waals surface area contributed by atoms with Crippen LogP contribution in [-0.2, 0) is 4.79 Å². The molecule has 0 heterocycles. The van der Waals surface area contributed by atoms with Gasteiger partial charge in [0.05, 0.1) is 12.0 Å². The highest BCUT2D eigenvalue weighted by molar-refractivity contribution is 5.82. The van der Waals surface area contributed by atoms with Crippen LogP contribution >= 0.6 is 0 Å². The summed E-state index contributed by atoms with van der Waals surface area (Å²) in [4.78, 5) is 21.4. The molecule has 0 amide bonds. The van der Waals surface area contributed by atoms with Gasteiger partial charge in [0.25, 0.3) is 0 Å². The Morgan fingerprint density at radius 3 is 2.67 bits per heavy atom. The van der Waals surface area contributed by atoms with Crippen LogP contribution in [0.3, 0.4) is 0 Å². The Hall–Kier alpha value is -2.11. The molecule has 2 rings (SSSR count). The fourth-order valence-electron chi connectivity index (χ4n) is 2.14. The number of methoxy groups -OCH3 is 1. The average molecular weight is 251 g/mol. The number of ketones is 1. The van der Waals surface area contributed by atoms with Gasteiger partial charge in [-0.15, -0.1) is 0 Å². The highest BCUT2D eigenvalue weighted by atomic mass is 16.6. The normalized spacial score (nSPS) is 21.4. The van der Waals surface area contributed by atoms with E-state index >= 15 is 0 Å². The fraction of sp³-hybridized carbons (Fsp3) is 0.417. The van der Waals surface area contributed by atoms with Crippen LogP contribution in [0.4, 0.5) is 5.69 Å². The molecule has 1 aromatic carbocycles. The molecule has 0 aliphatic heterocycles. The highest BCUT2D eigenvalue weighted by Gasteiger charge is 2.43. The quantitative estimate of drug-likeness (QED) is 0.653. The zero-order chi connectivity index (χ0) is 13.4. The molecule has 2 atom stereocenters. The molecule has 2 unspecified atom stereocenters. The number of benzene rings is 1. The molecule has 6 heteroatoms. The van der Waals surface area contributed by atoms with Gasteiger partial charge in [-0.3, -0.25) is 14.9 Å². The van der Waals surface area contributed by atoms with Crippen LogP contribution in [0.25, 0.3) is 0 Å². The number of phenolic OH excluding ortho intramolecular Hbond substituents is 1. The van der Waals surface area contributed by atoms with E-state index in [1.54, 1.807) is 6.07 Å². The van der Waals surface area contributed by atoms with Gasteiger partial charge in [-0.1, -0.05) is 0 Å². The molecule has 0 spiro atoms. The zero-order valence-corrected chi connectivity index (χ0v) is 10.0. The lowest BCUT2D eigenvalue weighted by atomic mass is 10.1. The number of carbonyl (C=O) groups excluding carboxylic acids is 1. The second kappa shape index (κ2) is 4.29. The summed E-state index contributed by atoms with van der Waals surface area (Å²) in [7, 11) is 1.33. The van der Waals surface area contributed by atoms with E-state index in [9.17, 15) is 20.0 Å². The summed E-state index contributed by atoms with van der Waals surface area (Å²) < 4.78 is 4.91. The summed E-state index contributed by atoms with van der Waals surface area (Å²) in [5.41, 5.74) is 0.273. The van der Waals surface area contributed by atoms with Gasteiger partial charge in [0.1, 0.15) is 5.78 Å². The van der Waals surface area contributed by atoms with Crippen LogP contribution in [0, 0.1) is 16.0 Å².